The van der Waals surface area contributed by atoms with Gasteiger partial charge in [0.25, 0.3) is 0 Å². The lowest BCUT2D eigenvalue weighted by Gasteiger charge is -2.07. The van der Waals surface area contributed by atoms with Gasteiger partial charge in [-0.3, -0.25) is 4.79 Å². The Morgan fingerprint density at radius 2 is 1.95 bits per heavy atom. The van der Waals surface area contributed by atoms with Crippen molar-refractivity contribution in [2.45, 2.75) is 12.8 Å². The average Bonchev–Trinajstić information content (AvgIpc) is 2.49. The number of hydrogen-bond donors (Lipinski definition) is 1. The minimum Gasteiger partial charge on any atom is -0.493 e. The van der Waals surface area contributed by atoms with Crippen LogP contribution in [0.2, 0.25) is 0 Å². The van der Waals surface area contributed by atoms with Crippen LogP contribution in [0, 0.1) is 5.82 Å². The SMILES string of the molecule is O=C(CCOc1cccc(Br)c1)NCCc1ccc(F)cc1. The van der Waals surface area contributed by atoms with Gasteiger partial charge in [-0.2, -0.15) is 0 Å². The molecule has 0 aliphatic heterocycles. The summed E-state index contributed by atoms with van der Waals surface area (Å²) in [5, 5.41) is 2.82. The number of ether oxygens (including phenoxy) is 1. The van der Waals surface area contributed by atoms with Crippen molar-refractivity contribution in [1.82, 2.24) is 5.32 Å². The molecular formula is C17H17BrFNO2. The van der Waals surface area contributed by atoms with Gasteiger partial charge in [-0.1, -0.05) is 34.1 Å². The molecule has 1 N–H and O–H groups in total. The number of halogens is 2. The molecule has 0 radical (unpaired) electrons. The van der Waals surface area contributed by atoms with Crippen LogP contribution in [0.5, 0.6) is 5.75 Å². The van der Waals surface area contributed by atoms with Gasteiger partial charge >= 0.3 is 0 Å². The third-order valence-corrected chi connectivity index (χ3v) is 3.54. The Labute approximate surface area is 137 Å². The maximum Gasteiger partial charge on any atom is 0.223 e. The van der Waals surface area contributed by atoms with E-state index in [0.717, 1.165) is 15.8 Å². The van der Waals surface area contributed by atoms with Crippen LogP contribution in [0.4, 0.5) is 4.39 Å². The summed E-state index contributed by atoms with van der Waals surface area (Å²) < 4.78 is 19.2. The summed E-state index contributed by atoms with van der Waals surface area (Å²) in [5.41, 5.74) is 0.993. The van der Waals surface area contributed by atoms with E-state index >= 15 is 0 Å². The van der Waals surface area contributed by atoms with Crippen molar-refractivity contribution in [1.29, 1.82) is 0 Å². The molecule has 0 heterocycles. The highest BCUT2D eigenvalue weighted by Gasteiger charge is 2.02. The summed E-state index contributed by atoms with van der Waals surface area (Å²) >= 11 is 3.36. The number of benzene rings is 2. The Balaban J connectivity index is 1.62. The number of amides is 1. The van der Waals surface area contributed by atoms with E-state index in [-0.39, 0.29) is 11.7 Å². The van der Waals surface area contributed by atoms with E-state index < -0.39 is 0 Å². The lowest BCUT2D eigenvalue weighted by atomic mass is 10.1. The minimum atomic E-state index is -0.252. The fourth-order valence-electron chi connectivity index (χ4n) is 1.90. The van der Waals surface area contributed by atoms with E-state index in [9.17, 15) is 9.18 Å². The molecule has 0 bridgehead atoms. The van der Waals surface area contributed by atoms with Crippen LogP contribution in [-0.2, 0) is 11.2 Å². The summed E-state index contributed by atoms with van der Waals surface area (Å²) in [6, 6.07) is 13.8. The van der Waals surface area contributed by atoms with Gasteiger partial charge in [-0.25, -0.2) is 4.39 Å². The van der Waals surface area contributed by atoms with Crippen molar-refractivity contribution in [3.05, 3.63) is 64.4 Å². The number of carbonyl (C=O) groups is 1. The first kappa shape index (κ1) is 16.5. The normalized spacial score (nSPS) is 10.3. The minimum absolute atomic E-state index is 0.0582. The topological polar surface area (TPSA) is 38.3 Å². The van der Waals surface area contributed by atoms with E-state index in [0.29, 0.717) is 26.0 Å². The molecule has 22 heavy (non-hydrogen) atoms. The highest BCUT2D eigenvalue weighted by atomic mass is 79.9. The molecule has 0 fully saturated rings. The van der Waals surface area contributed by atoms with Crippen molar-refractivity contribution in [3.8, 4) is 5.75 Å². The van der Waals surface area contributed by atoms with Crippen molar-refractivity contribution in [3.63, 3.8) is 0 Å². The van der Waals surface area contributed by atoms with Crippen molar-refractivity contribution in [2.75, 3.05) is 13.2 Å². The van der Waals surface area contributed by atoms with Gasteiger partial charge in [-0.15, -0.1) is 0 Å². The van der Waals surface area contributed by atoms with Crippen LogP contribution < -0.4 is 10.1 Å². The van der Waals surface area contributed by atoms with Gasteiger partial charge in [0.05, 0.1) is 13.0 Å². The first-order chi connectivity index (χ1) is 10.6. The second kappa shape index (κ2) is 8.54. The van der Waals surface area contributed by atoms with E-state index in [2.05, 4.69) is 21.2 Å². The molecule has 1 amide bonds. The summed E-state index contributed by atoms with van der Waals surface area (Å²) in [6.07, 6.45) is 0.981. The first-order valence-electron chi connectivity index (χ1n) is 7.03. The molecule has 0 unspecified atom stereocenters. The molecular weight excluding hydrogens is 349 g/mol. The van der Waals surface area contributed by atoms with Gasteiger partial charge in [0.15, 0.2) is 0 Å². The van der Waals surface area contributed by atoms with Crippen molar-refractivity contribution in [2.24, 2.45) is 0 Å². The molecule has 116 valence electrons. The predicted octanol–water partition coefficient (Wildman–Crippen LogP) is 3.72. The first-order valence-corrected chi connectivity index (χ1v) is 7.82. The second-order valence-corrected chi connectivity index (χ2v) is 5.70. The molecule has 0 aliphatic rings. The van der Waals surface area contributed by atoms with Crippen LogP contribution in [0.1, 0.15) is 12.0 Å². The number of carbonyl (C=O) groups excluding carboxylic acids is 1. The maximum absolute atomic E-state index is 12.8. The average molecular weight is 366 g/mol. The predicted molar refractivity (Wildman–Crippen MR) is 87.4 cm³/mol. The zero-order valence-electron chi connectivity index (χ0n) is 12.0. The molecule has 0 saturated heterocycles. The van der Waals surface area contributed by atoms with Crippen LogP contribution in [0.3, 0.4) is 0 Å². The van der Waals surface area contributed by atoms with Crippen LogP contribution in [-0.4, -0.2) is 19.1 Å². The summed E-state index contributed by atoms with van der Waals surface area (Å²) in [5.74, 6) is 0.420. The molecule has 0 spiro atoms. The highest BCUT2D eigenvalue weighted by Crippen LogP contribution is 2.17. The zero-order valence-corrected chi connectivity index (χ0v) is 13.6. The van der Waals surface area contributed by atoms with Gasteiger partial charge < -0.3 is 10.1 Å². The molecule has 2 rings (SSSR count). The Bertz CT molecular complexity index is 616. The summed E-state index contributed by atoms with van der Waals surface area (Å²) in [4.78, 5) is 11.7. The Morgan fingerprint density at radius 3 is 2.68 bits per heavy atom. The fraction of sp³-hybridized carbons (Fsp3) is 0.235. The van der Waals surface area contributed by atoms with E-state index in [4.69, 9.17) is 4.74 Å². The van der Waals surface area contributed by atoms with Crippen LogP contribution in [0.25, 0.3) is 0 Å². The molecule has 0 aromatic heterocycles. The highest BCUT2D eigenvalue weighted by molar-refractivity contribution is 9.10. The van der Waals surface area contributed by atoms with E-state index in [1.165, 1.54) is 12.1 Å². The smallest absolute Gasteiger partial charge is 0.223 e. The summed E-state index contributed by atoms with van der Waals surface area (Å²) in [7, 11) is 0. The van der Waals surface area contributed by atoms with E-state index in [1.807, 2.05) is 24.3 Å². The van der Waals surface area contributed by atoms with Gasteiger partial charge in [-0.05, 0) is 42.3 Å². The van der Waals surface area contributed by atoms with Crippen molar-refractivity contribution < 1.29 is 13.9 Å². The lowest BCUT2D eigenvalue weighted by Crippen LogP contribution is -2.27. The lowest BCUT2D eigenvalue weighted by molar-refractivity contribution is -0.121. The third-order valence-electron chi connectivity index (χ3n) is 3.04. The molecule has 2 aromatic rings. The summed E-state index contributed by atoms with van der Waals surface area (Å²) in [6.45, 7) is 0.861. The second-order valence-electron chi connectivity index (χ2n) is 4.78. The maximum atomic E-state index is 12.8. The largest absolute Gasteiger partial charge is 0.493 e. The molecule has 0 aliphatic carbocycles. The molecule has 2 aromatic carbocycles. The van der Waals surface area contributed by atoms with Crippen LogP contribution in [0.15, 0.2) is 53.0 Å². The standard InChI is InChI=1S/C17H17BrFNO2/c18-14-2-1-3-16(12-14)22-11-9-17(21)20-10-8-13-4-6-15(19)7-5-13/h1-7,12H,8-11H2,(H,20,21). The van der Waals surface area contributed by atoms with Crippen LogP contribution >= 0.6 is 15.9 Å². The monoisotopic (exact) mass is 365 g/mol. The number of hydrogen-bond acceptors (Lipinski definition) is 2. The van der Waals surface area contributed by atoms with Gasteiger partial charge in [0, 0.05) is 11.0 Å². The quantitative estimate of drug-likeness (QED) is 0.811. The van der Waals surface area contributed by atoms with Gasteiger partial charge in [0.1, 0.15) is 11.6 Å². The zero-order chi connectivity index (χ0) is 15.8. The molecule has 3 nitrogen and oxygen atoms in total. The molecule has 0 saturated carbocycles. The number of rotatable bonds is 7. The Hall–Kier alpha value is -1.88. The molecule has 5 heteroatoms. The van der Waals surface area contributed by atoms with Crippen molar-refractivity contribution >= 4 is 21.8 Å². The Morgan fingerprint density at radius 1 is 1.18 bits per heavy atom. The third kappa shape index (κ3) is 5.85. The molecule has 0 atom stereocenters. The fourth-order valence-corrected chi connectivity index (χ4v) is 2.28. The van der Waals surface area contributed by atoms with Gasteiger partial charge in [0.2, 0.25) is 5.91 Å². The Kier molecular flexibility index (Phi) is 6.40. The number of nitrogens with one attached hydrogen (secondary N) is 1. The van der Waals surface area contributed by atoms with E-state index in [1.54, 1.807) is 12.1 Å².